The van der Waals surface area contributed by atoms with E-state index in [2.05, 4.69) is 4.98 Å². The van der Waals surface area contributed by atoms with E-state index in [1.165, 1.54) is 37.3 Å². The zero-order valence-corrected chi connectivity index (χ0v) is 22.2. The second-order valence-corrected chi connectivity index (χ2v) is 9.18. The highest BCUT2D eigenvalue weighted by atomic mass is 35.5. The molecule has 2 amide bonds. The molecule has 3 aromatic carbocycles. The first-order valence-electron chi connectivity index (χ1n) is 11.5. The van der Waals surface area contributed by atoms with Gasteiger partial charge in [-0.15, -0.1) is 0 Å². The highest BCUT2D eigenvalue weighted by molar-refractivity contribution is 6.33. The molecular formula is C28H20Cl2N4O5. The highest BCUT2D eigenvalue weighted by Gasteiger charge is 2.34. The Morgan fingerprint density at radius 2 is 1.46 bits per heavy atom. The molecule has 4 aromatic rings. The van der Waals surface area contributed by atoms with Crippen LogP contribution < -0.4 is 20.3 Å². The molecule has 1 aliphatic heterocycles. The predicted molar refractivity (Wildman–Crippen MR) is 148 cm³/mol. The number of carbonyl (C=O) groups is 3. The quantitative estimate of drug-likeness (QED) is 0.232. The number of para-hydroxylation sites is 1. The SMILES string of the molecule is COC(=O)c1ccc(N2c3ccccc3C(=O)N(c3cc(Cl)nc(Cl)c3)c3cc(C(N)=O)ccc32)c(OC)c1. The average Bonchev–Trinajstić information content (AvgIpc) is 3.03. The van der Waals surface area contributed by atoms with Crippen molar-refractivity contribution in [2.45, 2.75) is 0 Å². The van der Waals surface area contributed by atoms with Gasteiger partial charge in [-0.3, -0.25) is 14.5 Å². The first-order valence-corrected chi connectivity index (χ1v) is 12.3. The van der Waals surface area contributed by atoms with Gasteiger partial charge in [0.25, 0.3) is 5.91 Å². The number of primary amides is 1. The lowest BCUT2D eigenvalue weighted by Gasteiger charge is -2.29. The lowest BCUT2D eigenvalue weighted by atomic mass is 10.1. The van der Waals surface area contributed by atoms with Gasteiger partial charge in [0.2, 0.25) is 5.91 Å². The van der Waals surface area contributed by atoms with Crippen molar-refractivity contribution in [1.82, 2.24) is 4.98 Å². The molecule has 0 unspecified atom stereocenters. The van der Waals surface area contributed by atoms with E-state index in [1.54, 1.807) is 59.5 Å². The maximum absolute atomic E-state index is 14.2. The summed E-state index contributed by atoms with van der Waals surface area (Å²) in [5, 5.41) is 0.153. The van der Waals surface area contributed by atoms with E-state index in [4.69, 9.17) is 38.4 Å². The molecular weight excluding hydrogens is 543 g/mol. The van der Waals surface area contributed by atoms with Crippen LogP contribution in [-0.2, 0) is 4.74 Å². The van der Waals surface area contributed by atoms with Gasteiger partial charge in [0.05, 0.1) is 53.8 Å². The smallest absolute Gasteiger partial charge is 0.337 e. The van der Waals surface area contributed by atoms with Crippen molar-refractivity contribution in [3.05, 3.63) is 99.8 Å². The lowest BCUT2D eigenvalue weighted by Crippen LogP contribution is -2.26. The number of fused-ring (bicyclic) bond motifs is 2. The number of hydrogen-bond acceptors (Lipinski definition) is 7. The van der Waals surface area contributed by atoms with E-state index in [-0.39, 0.29) is 21.4 Å². The molecule has 11 heteroatoms. The molecule has 39 heavy (non-hydrogen) atoms. The number of pyridine rings is 1. The molecule has 0 saturated heterocycles. The fourth-order valence-electron chi connectivity index (χ4n) is 4.46. The van der Waals surface area contributed by atoms with Gasteiger partial charge in [0, 0.05) is 5.56 Å². The van der Waals surface area contributed by atoms with E-state index >= 15 is 0 Å². The van der Waals surface area contributed by atoms with Crippen LogP contribution >= 0.6 is 23.2 Å². The monoisotopic (exact) mass is 562 g/mol. The minimum Gasteiger partial charge on any atom is -0.495 e. The number of carbonyl (C=O) groups excluding carboxylic acids is 3. The summed E-state index contributed by atoms with van der Waals surface area (Å²) in [5.74, 6) is -1.28. The van der Waals surface area contributed by atoms with Crippen LogP contribution in [-0.4, -0.2) is 37.0 Å². The summed E-state index contributed by atoms with van der Waals surface area (Å²) >= 11 is 12.4. The van der Waals surface area contributed by atoms with Crippen molar-refractivity contribution in [1.29, 1.82) is 0 Å². The van der Waals surface area contributed by atoms with E-state index in [0.29, 0.717) is 39.7 Å². The van der Waals surface area contributed by atoms with Crippen molar-refractivity contribution in [3.63, 3.8) is 0 Å². The van der Waals surface area contributed by atoms with Crippen LogP contribution in [0.15, 0.2) is 72.8 Å². The van der Waals surface area contributed by atoms with Crippen LogP contribution in [0.5, 0.6) is 5.75 Å². The Kier molecular flexibility index (Phi) is 6.86. The third kappa shape index (κ3) is 4.62. The maximum atomic E-state index is 14.2. The van der Waals surface area contributed by atoms with Crippen molar-refractivity contribution in [3.8, 4) is 5.75 Å². The summed E-state index contributed by atoms with van der Waals surface area (Å²) in [6.07, 6.45) is 0. The molecule has 2 heterocycles. The second kappa shape index (κ2) is 10.3. The Bertz CT molecular complexity index is 1640. The molecule has 0 bridgehead atoms. The number of nitrogens with two attached hydrogens (primary N) is 1. The lowest BCUT2D eigenvalue weighted by molar-refractivity contribution is 0.0600. The molecule has 5 rings (SSSR count). The van der Waals surface area contributed by atoms with E-state index < -0.39 is 17.8 Å². The summed E-state index contributed by atoms with van der Waals surface area (Å²) < 4.78 is 10.5. The van der Waals surface area contributed by atoms with Crippen molar-refractivity contribution < 1.29 is 23.9 Å². The molecule has 1 aliphatic rings. The number of benzene rings is 3. The Balaban J connectivity index is 1.86. The minimum atomic E-state index is -0.677. The van der Waals surface area contributed by atoms with E-state index in [9.17, 15) is 14.4 Å². The normalized spacial score (nSPS) is 12.4. The van der Waals surface area contributed by atoms with Crippen LogP contribution in [0, 0.1) is 0 Å². The molecule has 1 aromatic heterocycles. The van der Waals surface area contributed by atoms with Crippen LogP contribution in [0.4, 0.5) is 28.4 Å². The fraction of sp³-hybridized carbons (Fsp3) is 0.0714. The summed E-state index contributed by atoms with van der Waals surface area (Å²) in [7, 11) is 2.76. The van der Waals surface area contributed by atoms with Crippen LogP contribution in [0.2, 0.25) is 10.3 Å². The number of anilines is 5. The first-order chi connectivity index (χ1) is 18.7. The summed E-state index contributed by atoms with van der Waals surface area (Å²) in [6.45, 7) is 0. The van der Waals surface area contributed by atoms with E-state index in [1.807, 2.05) is 0 Å². The molecule has 9 nitrogen and oxygen atoms in total. The number of hydrogen-bond donors (Lipinski definition) is 1. The number of halogens is 2. The van der Waals surface area contributed by atoms with Gasteiger partial charge in [-0.05, 0) is 60.7 Å². The van der Waals surface area contributed by atoms with Gasteiger partial charge in [-0.2, -0.15) is 0 Å². The third-order valence-corrected chi connectivity index (χ3v) is 6.55. The molecule has 196 valence electrons. The van der Waals surface area contributed by atoms with Crippen molar-refractivity contribution in [2.24, 2.45) is 5.73 Å². The van der Waals surface area contributed by atoms with Gasteiger partial charge in [-0.1, -0.05) is 35.3 Å². The Labute approximate surface area is 233 Å². The molecule has 0 fully saturated rings. The summed E-state index contributed by atoms with van der Waals surface area (Å²) in [6, 6.07) is 19.6. The minimum absolute atomic E-state index is 0.0763. The summed E-state index contributed by atoms with van der Waals surface area (Å²) in [5.41, 5.74) is 8.61. The topological polar surface area (TPSA) is 115 Å². The zero-order chi connectivity index (χ0) is 27.8. The Morgan fingerprint density at radius 3 is 2.13 bits per heavy atom. The number of methoxy groups -OCH3 is 2. The first kappa shape index (κ1) is 26.0. The fourth-order valence-corrected chi connectivity index (χ4v) is 4.91. The van der Waals surface area contributed by atoms with Gasteiger partial charge in [0.1, 0.15) is 16.1 Å². The van der Waals surface area contributed by atoms with Crippen LogP contribution in [0.3, 0.4) is 0 Å². The van der Waals surface area contributed by atoms with Gasteiger partial charge in [-0.25, -0.2) is 9.78 Å². The van der Waals surface area contributed by atoms with Crippen molar-refractivity contribution in [2.75, 3.05) is 24.0 Å². The van der Waals surface area contributed by atoms with Crippen molar-refractivity contribution >= 4 is 69.4 Å². The highest BCUT2D eigenvalue weighted by Crippen LogP contribution is 2.50. The number of rotatable bonds is 5. The Hall–Kier alpha value is -4.60. The average molecular weight is 563 g/mol. The molecule has 0 spiro atoms. The van der Waals surface area contributed by atoms with Gasteiger partial charge in [0.15, 0.2) is 0 Å². The Morgan fingerprint density at radius 1 is 0.795 bits per heavy atom. The molecule has 0 radical (unpaired) electrons. The standard InChI is InChI=1S/C28H20Cl2N4O5/c1-38-23-12-16(28(37)39-2)8-10-21(23)34-19-6-4-3-5-18(19)27(36)33(17-13-24(29)32-25(30)14-17)22-11-15(26(31)35)7-9-20(22)34/h3-14H,1-2H3,(H2,31,35). The second-order valence-electron chi connectivity index (χ2n) is 8.41. The number of ether oxygens (including phenoxy) is 2. The molecule has 2 N–H and O–H groups in total. The predicted octanol–water partition coefficient (Wildman–Crippen LogP) is 6.04. The maximum Gasteiger partial charge on any atom is 0.337 e. The molecule has 0 aliphatic carbocycles. The zero-order valence-electron chi connectivity index (χ0n) is 20.6. The van der Waals surface area contributed by atoms with Gasteiger partial charge < -0.3 is 20.1 Å². The number of aromatic nitrogens is 1. The number of esters is 1. The van der Waals surface area contributed by atoms with Gasteiger partial charge >= 0.3 is 5.97 Å². The van der Waals surface area contributed by atoms with Crippen LogP contribution in [0.25, 0.3) is 0 Å². The molecule has 0 atom stereocenters. The number of nitrogens with zero attached hydrogens (tertiary/aromatic N) is 3. The largest absolute Gasteiger partial charge is 0.495 e. The van der Waals surface area contributed by atoms with Crippen LogP contribution in [0.1, 0.15) is 31.1 Å². The number of amides is 2. The third-order valence-electron chi connectivity index (χ3n) is 6.17. The van der Waals surface area contributed by atoms with E-state index in [0.717, 1.165) is 0 Å². The summed E-state index contributed by atoms with van der Waals surface area (Å²) in [4.78, 5) is 45.8. The molecule has 0 saturated carbocycles.